The zero-order chi connectivity index (χ0) is 15.5. The first-order valence-corrected chi connectivity index (χ1v) is 6.36. The van der Waals surface area contributed by atoms with E-state index >= 15 is 0 Å². The highest BCUT2D eigenvalue weighted by Crippen LogP contribution is 2.39. The zero-order valence-corrected chi connectivity index (χ0v) is 12.0. The number of imide groups is 1. The molecule has 0 saturated heterocycles. The van der Waals surface area contributed by atoms with Crippen molar-refractivity contribution in [1.82, 2.24) is 0 Å². The van der Waals surface area contributed by atoms with E-state index in [-0.39, 0.29) is 27.4 Å². The molecule has 0 aromatic heterocycles. The molecule has 0 bridgehead atoms. The lowest BCUT2D eigenvalue weighted by molar-refractivity contribution is -0.0328. The Morgan fingerprint density at radius 3 is 2.35 bits per heavy atom. The lowest BCUT2D eigenvalue weighted by Gasteiger charge is -2.18. The molecule has 0 radical (unpaired) electrons. The summed E-state index contributed by atoms with van der Waals surface area (Å²) in [5, 5.41) is -1.45. The molecule has 1 aromatic rings. The van der Waals surface area contributed by atoms with Gasteiger partial charge in [-0.25, -0.2) is 9.69 Å². The number of carbonyl (C=O) groups excluding carboxylic acids is 2. The van der Waals surface area contributed by atoms with E-state index in [2.05, 4.69) is 4.74 Å². The summed E-state index contributed by atoms with van der Waals surface area (Å²) in [6, 6.07) is 3.08. The predicted molar refractivity (Wildman–Crippen MR) is 69.5 cm³/mol. The van der Waals surface area contributed by atoms with Gasteiger partial charge in [0.15, 0.2) is 0 Å². The van der Waals surface area contributed by atoms with E-state index in [9.17, 15) is 22.8 Å². The van der Waals surface area contributed by atoms with Gasteiger partial charge in [-0.3, -0.25) is 4.79 Å². The van der Waals surface area contributed by atoms with Crippen molar-refractivity contribution >= 4 is 52.1 Å². The average molecular weight is 348 g/mol. The van der Waals surface area contributed by atoms with Crippen LogP contribution in [0.25, 0.3) is 0 Å². The third kappa shape index (κ3) is 4.46. The number of nitrogens with zero attached hydrogens (tertiary/aromatic N) is 1. The van der Waals surface area contributed by atoms with Crippen LogP contribution in [0.2, 0.25) is 5.02 Å². The molecule has 0 fully saturated rings. The van der Waals surface area contributed by atoms with Crippen molar-refractivity contribution in [3.8, 4) is 0 Å². The number of hydrogen-bond donors (Lipinski definition) is 0. The maximum atomic E-state index is 12.2. The summed E-state index contributed by atoms with van der Waals surface area (Å²) < 4.78 is 40.9. The number of carbonyl (C=O) groups is 2. The van der Waals surface area contributed by atoms with Crippen LogP contribution in [0.1, 0.15) is 0 Å². The monoisotopic (exact) mass is 347 g/mol. The van der Waals surface area contributed by atoms with Crippen LogP contribution in [0.5, 0.6) is 0 Å². The van der Waals surface area contributed by atoms with E-state index in [1.54, 1.807) is 0 Å². The average Bonchev–Trinajstić information content (AvgIpc) is 2.29. The number of benzene rings is 1. The summed E-state index contributed by atoms with van der Waals surface area (Å²) in [7, 11) is 1.01. The first-order valence-electron chi connectivity index (χ1n) is 4.78. The second-order valence-corrected chi connectivity index (χ2v) is 5.09. The lowest BCUT2D eigenvalue weighted by atomic mass is 10.3. The van der Waals surface area contributed by atoms with Gasteiger partial charge in [0, 0.05) is 4.90 Å². The van der Waals surface area contributed by atoms with Crippen LogP contribution >= 0.6 is 35.0 Å². The Kier molecular flexibility index (Phi) is 5.55. The van der Waals surface area contributed by atoms with E-state index in [1.807, 2.05) is 0 Å². The fourth-order valence-corrected chi connectivity index (χ4v) is 2.29. The molecule has 0 saturated carbocycles. The van der Waals surface area contributed by atoms with Crippen LogP contribution in [0.15, 0.2) is 23.1 Å². The van der Waals surface area contributed by atoms with Crippen molar-refractivity contribution in [3.63, 3.8) is 0 Å². The second-order valence-electron chi connectivity index (χ2n) is 3.22. The summed E-state index contributed by atoms with van der Waals surface area (Å²) in [5.74, 6) is 0. The molecule has 1 aromatic carbocycles. The lowest BCUT2D eigenvalue weighted by Crippen LogP contribution is -2.33. The summed E-state index contributed by atoms with van der Waals surface area (Å²) in [5.41, 5.74) is -4.65. The molecule has 4 nitrogen and oxygen atoms in total. The van der Waals surface area contributed by atoms with Gasteiger partial charge < -0.3 is 4.74 Å². The number of anilines is 1. The molecule has 0 unspecified atom stereocenters. The SMILES string of the molecule is COC(=O)N(C(=O)Cl)c1ccc(SC(F)(F)F)cc1Cl. The topological polar surface area (TPSA) is 46.6 Å². The molecule has 0 N–H and O–H groups in total. The van der Waals surface area contributed by atoms with Crippen LogP contribution in [0.4, 0.5) is 28.4 Å². The van der Waals surface area contributed by atoms with E-state index in [0.717, 1.165) is 25.3 Å². The van der Waals surface area contributed by atoms with Gasteiger partial charge in [-0.05, 0) is 41.6 Å². The van der Waals surface area contributed by atoms with Gasteiger partial charge in [0.2, 0.25) is 0 Å². The molecule has 0 aliphatic heterocycles. The van der Waals surface area contributed by atoms with Gasteiger partial charge in [0.1, 0.15) is 0 Å². The van der Waals surface area contributed by atoms with Gasteiger partial charge in [-0.2, -0.15) is 13.2 Å². The molecule has 1 rings (SSSR count). The highest BCUT2D eigenvalue weighted by molar-refractivity contribution is 8.00. The van der Waals surface area contributed by atoms with Crippen LogP contribution in [-0.2, 0) is 4.74 Å². The van der Waals surface area contributed by atoms with E-state index in [4.69, 9.17) is 23.2 Å². The third-order valence-corrected chi connectivity index (χ3v) is 3.12. The molecule has 110 valence electrons. The van der Waals surface area contributed by atoms with E-state index < -0.39 is 17.0 Å². The standard InChI is InChI=1S/C10H6Cl2F3NO3S/c1-19-9(18)16(8(12)17)7-3-2-5(4-6(7)11)20-10(13,14)15/h2-4H,1H3. The Labute approximate surface area is 125 Å². The number of ether oxygens (including phenoxy) is 1. The first kappa shape index (κ1) is 16.9. The Balaban J connectivity index is 3.14. The van der Waals surface area contributed by atoms with Crippen LogP contribution in [-0.4, -0.2) is 24.1 Å². The summed E-state index contributed by atoms with van der Waals surface area (Å²) in [6.07, 6.45) is -1.11. The highest BCUT2D eigenvalue weighted by atomic mass is 35.5. The van der Waals surface area contributed by atoms with Crippen molar-refractivity contribution in [1.29, 1.82) is 0 Å². The highest BCUT2D eigenvalue weighted by Gasteiger charge is 2.30. The van der Waals surface area contributed by atoms with Gasteiger partial charge in [-0.15, -0.1) is 0 Å². The van der Waals surface area contributed by atoms with Gasteiger partial charge in [0.25, 0.3) is 0 Å². The summed E-state index contributed by atoms with van der Waals surface area (Å²) >= 11 is 10.6. The van der Waals surface area contributed by atoms with E-state index in [1.165, 1.54) is 0 Å². The molecule has 0 aliphatic rings. The van der Waals surface area contributed by atoms with E-state index in [0.29, 0.717) is 4.90 Å². The fraction of sp³-hybridized carbons (Fsp3) is 0.200. The molecular weight excluding hydrogens is 342 g/mol. The number of amides is 2. The number of alkyl halides is 3. The number of thioether (sulfide) groups is 1. The number of hydrogen-bond acceptors (Lipinski definition) is 4. The summed E-state index contributed by atoms with van der Waals surface area (Å²) in [6.45, 7) is 0. The van der Waals surface area contributed by atoms with Crippen molar-refractivity contribution in [2.75, 3.05) is 12.0 Å². The molecular formula is C10H6Cl2F3NO3S. The molecule has 0 spiro atoms. The Hall–Kier alpha value is -1.12. The minimum absolute atomic E-state index is 0.176. The maximum Gasteiger partial charge on any atom is 0.446 e. The molecule has 0 atom stereocenters. The van der Waals surface area contributed by atoms with Crippen LogP contribution in [0.3, 0.4) is 0 Å². The number of rotatable bonds is 2. The van der Waals surface area contributed by atoms with Crippen molar-refractivity contribution in [2.45, 2.75) is 10.4 Å². The molecule has 20 heavy (non-hydrogen) atoms. The van der Waals surface area contributed by atoms with Gasteiger partial charge >= 0.3 is 17.0 Å². The van der Waals surface area contributed by atoms with Crippen molar-refractivity contribution in [3.05, 3.63) is 23.2 Å². The maximum absolute atomic E-state index is 12.2. The van der Waals surface area contributed by atoms with Crippen LogP contribution in [0, 0.1) is 0 Å². The Bertz CT molecular complexity index is 539. The molecule has 0 aliphatic carbocycles. The van der Waals surface area contributed by atoms with Crippen molar-refractivity contribution in [2.24, 2.45) is 0 Å². The molecule has 2 amide bonds. The number of halogens is 5. The van der Waals surface area contributed by atoms with Gasteiger partial charge in [-0.1, -0.05) is 11.6 Å². The van der Waals surface area contributed by atoms with Crippen molar-refractivity contribution < 1.29 is 27.5 Å². The summed E-state index contributed by atoms with van der Waals surface area (Å²) in [4.78, 5) is 22.7. The number of methoxy groups -OCH3 is 1. The minimum atomic E-state index is -4.48. The quantitative estimate of drug-likeness (QED) is 0.434. The Morgan fingerprint density at radius 1 is 1.35 bits per heavy atom. The molecule has 10 heteroatoms. The zero-order valence-electron chi connectivity index (χ0n) is 9.70. The fourth-order valence-electron chi connectivity index (χ4n) is 1.22. The molecule has 0 heterocycles. The van der Waals surface area contributed by atoms with Crippen LogP contribution < -0.4 is 4.90 Å². The smallest absolute Gasteiger partial charge is 0.446 e. The second kappa shape index (κ2) is 6.55. The minimum Gasteiger partial charge on any atom is -0.452 e. The third-order valence-electron chi connectivity index (χ3n) is 1.93. The largest absolute Gasteiger partial charge is 0.452 e. The predicted octanol–water partition coefficient (Wildman–Crippen LogP) is 4.88. The Morgan fingerprint density at radius 2 is 1.95 bits per heavy atom. The first-order chi connectivity index (χ1) is 9.15. The van der Waals surface area contributed by atoms with Gasteiger partial charge in [0.05, 0.1) is 17.8 Å². The normalized spacial score (nSPS) is 11.1.